The van der Waals surface area contributed by atoms with Crippen molar-refractivity contribution in [2.24, 2.45) is 17.4 Å². The zero-order valence-electron chi connectivity index (χ0n) is 8.06. The maximum absolute atomic E-state index is 6.18. The van der Waals surface area contributed by atoms with Crippen LogP contribution in [0.1, 0.15) is 40.0 Å². The summed E-state index contributed by atoms with van der Waals surface area (Å²) >= 11 is 0. The number of hydrogen-bond acceptors (Lipinski definition) is 2. The van der Waals surface area contributed by atoms with Gasteiger partial charge in [0.15, 0.2) is 0 Å². The molecule has 0 aromatic rings. The van der Waals surface area contributed by atoms with Crippen LogP contribution < -0.4 is 11.5 Å². The zero-order chi connectivity index (χ0) is 8.91. The highest BCUT2D eigenvalue weighted by Gasteiger charge is 2.28. The van der Waals surface area contributed by atoms with Gasteiger partial charge in [-0.2, -0.15) is 0 Å². The maximum Gasteiger partial charge on any atom is 0.0814 e. The van der Waals surface area contributed by atoms with Crippen LogP contribution in [0.25, 0.3) is 0 Å². The molecule has 0 heterocycles. The molecule has 0 amide bonds. The van der Waals surface area contributed by atoms with Crippen LogP contribution in [0.4, 0.5) is 0 Å². The second kappa shape index (κ2) is 6.50. The molecule has 4 N–H and O–H groups in total. The molecule has 0 aliphatic heterocycles. The highest BCUT2D eigenvalue weighted by atomic mass is 14.8. The van der Waals surface area contributed by atoms with Gasteiger partial charge < -0.3 is 11.5 Å². The lowest BCUT2D eigenvalue weighted by Crippen LogP contribution is -2.48. The fraction of sp³-hybridized carbons (Fsp3) is 1.00. The van der Waals surface area contributed by atoms with Gasteiger partial charge >= 0.3 is 0 Å². The second-order valence-electron chi connectivity index (χ2n) is 3.28. The Labute approximate surface area is 78.7 Å². The summed E-state index contributed by atoms with van der Waals surface area (Å²) in [5, 5.41) is 0. The molecule has 74 valence electrons. The van der Waals surface area contributed by atoms with E-state index >= 15 is 0 Å². The third kappa shape index (κ3) is 3.15. The van der Waals surface area contributed by atoms with E-state index in [-0.39, 0.29) is 14.0 Å². The van der Waals surface area contributed by atoms with Gasteiger partial charge in [0.25, 0.3) is 0 Å². The van der Waals surface area contributed by atoms with E-state index in [9.17, 15) is 0 Å². The molecule has 0 spiro atoms. The van der Waals surface area contributed by atoms with Crippen LogP contribution >= 0.6 is 0 Å². The van der Waals surface area contributed by atoms with Crippen LogP contribution in [0, 0.1) is 5.92 Å². The molecule has 0 aliphatic rings. The smallest absolute Gasteiger partial charge is 0.0814 e. The average molecular weight is 172 g/mol. The van der Waals surface area contributed by atoms with Crippen LogP contribution in [-0.4, -0.2) is 20.5 Å². The minimum Gasteiger partial charge on any atom is -0.330 e. The van der Waals surface area contributed by atoms with Gasteiger partial charge in [0.2, 0.25) is 0 Å². The van der Waals surface area contributed by atoms with Gasteiger partial charge in [0.05, 0.1) is 8.41 Å². The third-order valence-electron chi connectivity index (χ3n) is 2.91. The summed E-state index contributed by atoms with van der Waals surface area (Å²) < 4.78 is 0. The van der Waals surface area contributed by atoms with Gasteiger partial charge in [-0.15, -0.1) is 0 Å². The summed E-state index contributed by atoms with van der Waals surface area (Å²) in [6, 6.07) is 0. The van der Waals surface area contributed by atoms with E-state index in [1.54, 1.807) is 0 Å². The molecule has 0 aromatic carbocycles. The molecule has 2 nitrogen and oxygen atoms in total. The Bertz CT molecular complexity index is 98.7. The van der Waals surface area contributed by atoms with Gasteiger partial charge in [0.1, 0.15) is 0 Å². The first-order valence-electron chi connectivity index (χ1n) is 4.63. The van der Waals surface area contributed by atoms with Crippen LogP contribution in [0.3, 0.4) is 0 Å². The minimum absolute atomic E-state index is 0. The molecule has 0 radical (unpaired) electrons. The maximum atomic E-state index is 6.18. The van der Waals surface area contributed by atoms with Crippen molar-refractivity contribution in [2.45, 2.75) is 45.6 Å². The summed E-state index contributed by atoms with van der Waals surface area (Å²) in [4.78, 5) is 0. The summed E-state index contributed by atoms with van der Waals surface area (Å²) in [5.74, 6) is 0.484. The molecular formula is C9H25BN2. The molecule has 0 fully saturated rings. The van der Waals surface area contributed by atoms with Crippen molar-refractivity contribution in [1.82, 2.24) is 0 Å². The van der Waals surface area contributed by atoms with Gasteiger partial charge in [0, 0.05) is 5.54 Å². The highest BCUT2D eigenvalue weighted by Crippen LogP contribution is 2.23. The van der Waals surface area contributed by atoms with E-state index in [0.29, 0.717) is 12.5 Å². The van der Waals surface area contributed by atoms with E-state index < -0.39 is 0 Å². The topological polar surface area (TPSA) is 52.0 Å². The Morgan fingerprint density at radius 2 is 1.58 bits per heavy atom. The first-order chi connectivity index (χ1) is 5.14. The summed E-state index contributed by atoms with van der Waals surface area (Å²) in [5.41, 5.74) is 11.8. The first-order valence-corrected chi connectivity index (χ1v) is 4.63. The number of hydrogen-bond donors (Lipinski definition) is 2. The first kappa shape index (κ1) is 14.5. The van der Waals surface area contributed by atoms with Crippen molar-refractivity contribution in [2.75, 3.05) is 6.54 Å². The van der Waals surface area contributed by atoms with Crippen LogP contribution in [-0.2, 0) is 0 Å². The van der Waals surface area contributed by atoms with Crippen molar-refractivity contribution < 1.29 is 0 Å². The molecule has 1 atom stereocenters. The summed E-state index contributed by atoms with van der Waals surface area (Å²) in [7, 11) is 0. The summed E-state index contributed by atoms with van der Waals surface area (Å²) in [6.07, 6.45) is 3.15. The summed E-state index contributed by atoms with van der Waals surface area (Å²) in [6.45, 7) is 7.16. The molecule has 3 heteroatoms. The molecular weight excluding hydrogens is 147 g/mol. The quantitative estimate of drug-likeness (QED) is 0.586. The van der Waals surface area contributed by atoms with E-state index in [1.807, 2.05) is 0 Å². The third-order valence-corrected chi connectivity index (χ3v) is 2.91. The van der Waals surface area contributed by atoms with Gasteiger partial charge in [-0.05, 0) is 25.3 Å². The number of nitrogens with two attached hydrogens (primary N) is 2. The Kier molecular flexibility index (Phi) is 7.85. The van der Waals surface area contributed by atoms with Crippen molar-refractivity contribution in [3.8, 4) is 0 Å². The SMILES string of the molecule is B.CCC(CN)C(N)(CC)CC. The molecule has 0 rings (SSSR count). The van der Waals surface area contributed by atoms with Crippen LogP contribution in [0.2, 0.25) is 0 Å². The van der Waals surface area contributed by atoms with Gasteiger partial charge in [-0.1, -0.05) is 27.2 Å². The lowest BCUT2D eigenvalue weighted by Gasteiger charge is -2.34. The van der Waals surface area contributed by atoms with Gasteiger partial charge in [-0.25, -0.2) is 0 Å². The standard InChI is InChI=1S/C9H22N2.BH3/c1-4-8(7-10)9(11,5-2)6-3;/h8H,4-7,10-11H2,1-3H3;1H3. The van der Waals surface area contributed by atoms with E-state index in [2.05, 4.69) is 20.8 Å². The Morgan fingerprint density at radius 3 is 1.67 bits per heavy atom. The fourth-order valence-electron chi connectivity index (χ4n) is 1.64. The molecule has 0 aromatic heterocycles. The minimum atomic E-state index is -0.0243. The lowest BCUT2D eigenvalue weighted by atomic mass is 9.79. The zero-order valence-corrected chi connectivity index (χ0v) is 8.06. The largest absolute Gasteiger partial charge is 0.330 e. The lowest BCUT2D eigenvalue weighted by molar-refractivity contribution is 0.250. The predicted octanol–water partition coefficient (Wildman–Crippen LogP) is 0.305. The predicted molar refractivity (Wildman–Crippen MR) is 60.3 cm³/mol. The van der Waals surface area contributed by atoms with Crippen molar-refractivity contribution in [3.05, 3.63) is 0 Å². The second-order valence-corrected chi connectivity index (χ2v) is 3.28. The Hall–Kier alpha value is -0.0151. The normalized spacial score (nSPS) is 13.8. The van der Waals surface area contributed by atoms with E-state index in [0.717, 1.165) is 19.3 Å². The van der Waals surface area contributed by atoms with Crippen LogP contribution in [0.15, 0.2) is 0 Å². The van der Waals surface area contributed by atoms with Crippen molar-refractivity contribution in [1.29, 1.82) is 0 Å². The molecule has 0 saturated heterocycles. The van der Waals surface area contributed by atoms with E-state index in [1.165, 1.54) is 0 Å². The Morgan fingerprint density at radius 1 is 1.17 bits per heavy atom. The number of rotatable bonds is 5. The van der Waals surface area contributed by atoms with Gasteiger partial charge in [-0.3, -0.25) is 0 Å². The molecule has 12 heavy (non-hydrogen) atoms. The molecule has 0 aliphatic carbocycles. The van der Waals surface area contributed by atoms with Crippen molar-refractivity contribution >= 4 is 8.41 Å². The molecule has 1 unspecified atom stereocenters. The monoisotopic (exact) mass is 172 g/mol. The van der Waals surface area contributed by atoms with Crippen LogP contribution in [0.5, 0.6) is 0 Å². The molecule has 0 saturated carbocycles. The van der Waals surface area contributed by atoms with E-state index in [4.69, 9.17) is 11.5 Å². The average Bonchev–Trinajstić information content (AvgIpc) is 2.06. The molecule has 0 bridgehead atoms. The van der Waals surface area contributed by atoms with Crippen molar-refractivity contribution in [3.63, 3.8) is 0 Å². The highest BCUT2D eigenvalue weighted by molar-refractivity contribution is 5.75. The Balaban J connectivity index is 0. The fourth-order valence-corrected chi connectivity index (χ4v) is 1.64.